The summed E-state index contributed by atoms with van der Waals surface area (Å²) in [6.07, 6.45) is 1.34. The van der Waals surface area contributed by atoms with Crippen molar-refractivity contribution >= 4 is 48.7 Å². The Bertz CT molecular complexity index is 1280. The van der Waals surface area contributed by atoms with Crippen LogP contribution < -0.4 is 10.0 Å². The van der Waals surface area contributed by atoms with Crippen molar-refractivity contribution in [2.24, 2.45) is 5.14 Å². The van der Waals surface area contributed by atoms with Gasteiger partial charge in [-0.05, 0) is 29.9 Å². The lowest BCUT2D eigenvalue weighted by Crippen LogP contribution is -2.45. The van der Waals surface area contributed by atoms with Crippen LogP contribution in [0.25, 0.3) is 32.0 Å². The van der Waals surface area contributed by atoms with Gasteiger partial charge in [-0.25, -0.2) is 23.5 Å². The Morgan fingerprint density at radius 1 is 1.07 bits per heavy atom. The third-order valence-corrected chi connectivity index (χ3v) is 8.44. The van der Waals surface area contributed by atoms with Crippen LogP contribution in [0.4, 0.5) is 5.82 Å². The van der Waals surface area contributed by atoms with Crippen LogP contribution in [0.1, 0.15) is 12.8 Å². The zero-order chi connectivity index (χ0) is 20.7. The number of hydrogen-bond donors (Lipinski definition) is 1. The number of anilines is 1. The molecule has 0 saturated carbocycles. The molecule has 4 aromatic rings. The van der Waals surface area contributed by atoms with Crippen molar-refractivity contribution in [2.45, 2.75) is 18.1 Å². The number of benzene rings is 1. The highest BCUT2D eigenvalue weighted by Gasteiger charge is 2.31. The standard InChI is InChI=1S/C21H20N4O2S3/c22-30(26,27)15-8-4-10-25(12-15)20-18-16(14-6-2-1-3-7-14)13-29-21(18)24-19(23-20)17-9-5-11-28-17/h1-3,5-7,9,11,13,15H,4,8,10,12H2,(H2,22,26,27)/t15-/m1/s1. The molecule has 0 spiro atoms. The van der Waals surface area contributed by atoms with Crippen LogP contribution in [0.5, 0.6) is 0 Å². The Morgan fingerprint density at radius 3 is 2.63 bits per heavy atom. The maximum atomic E-state index is 12.0. The van der Waals surface area contributed by atoms with Crippen LogP contribution in [-0.4, -0.2) is 36.7 Å². The fraction of sp³-hybridized carbons (Fsp3) is 0.238. The molecule has 0 bridgehead atoms. The zero-order valence-electron chi connectivity index (χ0n) is 16.1. The van der Waals surface area contributed by atoms with Crippen LogP contribution >= 0.6 is 22.7 Å². The molecule has 0 amide bonds. The molecule has 5 rings (SSSR count). The molecule has 1 atom stereocenters. The van der Waals surface area contributed by atoms with E-state index in [0.717, 1.165) is 45.0 Å². The van der Waals surface area contributed by atoms with E-state index in [4.69, 9.17) is 15.1 Å². The van der Waals surface area contributed by atoms with Crippen molar-refractivity contribution in [3.8, 4) is 21.8 Å². The highest BCUT2D eigenvalue weighted by atomic mass is 32.2. The van der Waals surface area contributed by atoms with Gasteiger partial charge in [-0.15, -0.1) is 22.7 Å². The van der Waals surface area contributed by atoms with Gasteiger partial charge in [0.1, 0.15) is 10.6 Å². The topological polar surface area (TPSA) is 89.2 Å². The highest BCUT2D eigenvalue weighted by Crippen LogP contribution is 2.40. The predicted molar refractivity (Wildman–Crippen MR) is 125 cm³/mol. The number of fused-ring (bicyclic) bond motifs is 1. The second-order valence-electron chi connectivity index (χ2n) is 7.34. The molecule has 1 aliphatic rings. The van der Waals surface area contributed by atoms with Gasteiger partial charge in [0.25, 0.3) is 0 Å². The molecule has 3 aromatic heterocycles. The summed E-state index contributed by atoms with van der Waals surface area (Å²) in [5, 5.41) is 9.99. The van der Waals surface area contributed by atoms with E-state index in [1.165, 1.54) is 0 Å². The Hall–Kier alpha value is -2.33. The summed E-state index contributed by atoms with van der Waals surface area (Å²) in [4.78, 5) is 13.7. The van der Waals surface area contributed by atoms with Gasteiger partial charge in [0.05, 0.1) is 15.5 Å². The lowest BCUT2D eigenvalue weighted by Gasteiger charge is -2.33. The fourth-order valence-corrected chi connectivity index (χ4v) is 6.38. The molecule has 0 unspecified atom stereocenters. The van der Waals surface area contributed by atoms with Crippen LogP contribution in [0, 0.1) is 0 Å². The molecule has 1 fully saturated rings. The summed E-state index contributed by atoms with van der Waals surface area (Å²) < 4.78 is 24.1. The van der Waals surface area contributed by atoms with Crippen molar-refractivity contribution in [2.75, 3.05) is 18.0 Å². The van der Waals surface area contributed by atoms with Crippen LogP contribution in [0.2, 0.25) is 0 Å². The molecular formula is C21H20N4O2S3. The maximum absolute atomic E-state index is 12.0. The summed E-state index contributed by atoms with van der Waals surface area (Å²) in [7, 11) is -3.60. The van der Waals surface area contributed by atoms with Crippen LogP contribution in [0.3, 0.4) is 0 Å². The largest absolute Gasteiger partial charge is 0.355 e. The van der Waals surface area contributed by atoms with Gasteiger partial charge in [-0.3, -0.25) is 0 Å². The molecule has 1 aliphatic heterocycles. The minimum atomic E-state index is -3.60. The lowest BCUT2D eigenvalue weighted by atomic mass is 10.0. The Balaban J connectivity index is 1.70. The zero-order valence-corrected chi connectivity index (χ0v) is 18.5. The smallest absolute Gasteiger partial charge is 0.213 e. The van der Waals surface area contributed by atoms with Gasteiger partial charge in [0, 0.05) is 24.0 Å². The Labute approximate surface area is 183 Å². The first-order valence-corrected chi connectivity index (χ1v) is 13.0. The number of piperidine rings is 1. The minimum absolute atomic E-state index is 0.346. The molecule has 4 heterocycles. The molecule has 2 N–H and O–H groups in total. The quantitative estimate of drug-likeness (QED) is 0.493. The number of thiophene rings is 2. The monoisotopic (exact) mass is 456 g/mol. The van der Waals surface area contributed by atoms with Crippen LogP contribution in [0.15, 0.2) is 53.2 Å². The molecule has 6 nitrogen and oxygen atoms in total. The van der Waals surface area contributed by atoms with Gasteiger partial charge in [0.2, 0.25) is 10.0 Å². The van der Waals surface area contributed by atoms with Crippen molar-refractivity contribution < 1.29 is 8.42 Å². The third-order valence-electron chi connectivity index (χ3n) is 5.38. The number of nitrogens with zero attached hydrogens (tertiary/aromatic N) is 3. The molecule has 154 valence electrons. The van der Waals surface area contributed by atoms with Gasteiger partial charge in [-0.2, -0.15) is 0 Å². The fourth-order valence-electron chi connectivity index (χ4n) is 3.90. The van der Waals surface area contributed by atoms with Gasteiger partial charge < -0.3 is 4.90 Å². The van der Waals surface area contributed by atoms with E-state index in [0.29, 0.717) is 18.8 Å². The minimum Gasteiger partial charge on any atom is -0.355 e. The molecule has 1 saturated heterocycles. The summed E-state index contributed by atoms with van der Waals surface area (Å²) in [5.74, 6) is 1.46. The number of hydrogen-bond acceptors (Lipinski definition) is 7. The highest BCUT2D eigenvalue weighted by molar-refractivity contribution is 7.89. The normalized spacial score (nSPS) is 17.5. The first kappa shape index (κ1) is 19.6. The number of primary sulfonamides is 1. The number of nitrogens with two attached hydrogens (primary N) is 1. The number of aromatic nitrogens is 2. The average Bonchev–Trinajstić information content (AvgIpc) is 3.43. The van der Waals surface area contributed by atoms with E-state index in [1.54, 1.807) is 22.7 Å². The van der Waals surface area contributed by atoms with E-state index < -0.39 is 15.3 Å². The molecule has 1 aromatic carbocycles. The molecule has 0 aliphatic carbocycles. The number of sulfonamides is 1. The summed E-state index contributed by atoms with van der Waals surface area (Å²) in [6.45, 7) is 1.09. The van der Waals surface area contributed by atoms with Gasteiger partial charge in [-0.1, -0.05) is 36.4 Å². The molecule has 0 radical (unpaired) electrons. The van der Waals surface area contributed by atoms with E-state index in [2.05, 4.69) is 22.4 Å². The summed E-state index contributed by atoms with van der Waals surface area (Å²) in [6, 6.07) is 14.1. The third kappa shape index (κ3) is 3.62. The van der Waals surface area contributed by atoms with Gasteiger partial charge >= 0.3 is 0 Å². The maximum Gasteiger partial charge on any atom is 0.213 e. The molecule has 30 heavy (non-hydrogen) atoms. The van der Waals surface area contributed by atoms with E-state index in [1.807, 2.05) is 35.7 Å². The lowest BCUT2D eigenvalue weighted by molar-refractivity contribution is 0.531. The predicted octanol–water partition coefficient (Wildman–Crippen LogP) is 4.34. The van der Waals surface area contributed by atoms with Crippen LogP contribution in [-0.2, 0) is 10.0 Å². The van der Waals surface area contributed by atoms with Gasteiger partial charge in [0.15, 0.2) is 5.82 Å². The Kier molecular flexibility index (Phi) is 5.06. The van der Waals surface area contributed by atoms with E-state index in [-0.39, 0.29) is 0 Å². The van der Waals surface area contributed by atoms with Crippen molar-refractivity contribution in [1.29, 1.82) is 0 Å². The first-order chi connectivity index (χ1) is 14.5. The molecular weight excluding hydrogens is 436 g/mol. The van der Waals surface area contributed by atoms with Crippen molar-refractivity contribution in [3.63, 3.8) is 0 Å². The van der Waals surface area contributed by atoms with Crippen molar-refractivity contribution in [1.82, 2.24) is 9.97 Å². The van der Waals surface area contributed by atoms with E-state index >= 15 is 0 Å². The SMILES string of the molecule is NS(=O)(=O)[C@@H]1CCCN(c2nc(-c3cccs3)nc3scc(-c4ccccc4)c23)C1. The van der Waals surface area contributed by atoms with E-state index in [9.17, 15) is 8.42 Å². The Morgan fingerprint density at radius 2 is 1.90 bits per heavy atom. The second kappa shape index (κ2) is 7.73. The summed E-state index contributed by atoms with van der Waals surface area (Å²) >= 11 is 3.18. The summed E-state index contributed by atoms with van der Waals surface area (Å²) in [5.41, 5.74) is 2.17. The number of rotatable bonds is 4. The average molecular weight is 457 g/mol. The second-order valence-corrected chi connectivity index (χ2v) is 11.0. The molecule has 9 heteroatoms. The van der Waals surface area contributed by atoms with Crippen molar-refractivity contribution in [3.05, 3.63) is 53.2 Å². The first-order valence-electron chi connectivity index (χ1n) is 9.66.